The Morgan fingerprint density at radius 1 is 1.20 bits per heavy atom. The van der Waals surface area contributed by atoms with Gasteiger partial charge in [-0.2, -0.15) is 0 Å². The Kier molecular flexibility index (Phi) is 7.71. The van der Waals surface area contributed by atoms with Crippen LogP contribution in [0.15, 0.2) is 40.5 Å². The van der Waals surface area contributed by atoms with Gasteiger partial charge in [-0.15, -0.1) is 0 Å². The second-order valence-electron chi connectivity index (χ2n) is 5.09. The van der Waals surface area contributed by atoms with Gasteiger partial charge in [0.1, 0.15) is 5.75 Å². The second-order valence-corrected chi connectivity index (χ2v) is 5.09. The summed E-state index contributed by atoms with van der Waals surface area (Å²) in [7, 11) is 0. The van der Waals surface area contributed by atoms with Crippen LogP contribution in [0.1, 0.15) is 52.0 Å². The highest BCUT2D eigenvalue weighted by molar-refractivity contribution is 5.55. The first-order valence-corrected chi connectivity index (χ1v) is 7.54. The maximum absolute atomic E-state index is 5.74. The summed E-state index contributed by atoms with van der Waals surface area (Å²) in [5, 5.41) is 0. The molecule has 0 bridgehead atoms. The van der Waals surface area contributed by atoms with Crippen molar-refractivity contribution in [3.05, 3.63) is 41.1 Å². The first kappa shape index (κ1) is 16.5. The molecule has 0 unspecified atom stereocenters. The average Bonchev–Trinajstić information content (AvgIpc) is 2.47. The number of rotatable bonds is 8. The summed E-state index contributed by atoms with van der Waals surface area (Å²) in [5.74, 6) is 0.961. The maximum Gasteiger partial charge on any atom is 0.119 e. The highest BCUT2D eigenvalue weighted by Gasteiger charge is 2.00. The first-order chi connectivity index (χ1) is 9.67. The van der Waals surface area contributed by atoms with Crippen molar-refractivity contribution < 1.29 is 4.74 Å². The zero-order valence-electron chi connectivity index (χ0n) is 13.3. The zero-order valence-corrected chi connectivity index (χ0v) is 13.3. The van der Waals surface area contributed by atoms with Crippen LogP contribution in [0, 0.1) is 6.92 Å². The molecule has 0 saturated carbocycles. The van der Waals surface area contributed by atoms with Gasteiger partial charge in [0.25, 0.3) is 0 Å². The molecule has 0 saturated heterocycles. The fraction of sp³-hybridized carbons (Fsp3) is 0.500. The van der Waals surface area contributed by atoms with Gasteiger partial charge >= 0.3 is 0 Å². The predicted octanol–water partition coefficient (Wildman–Crippen LogP) is 5.32. The fourth-order valence-electron chi connectivity index (χ4n) is 1.97. The molecule has 0 atom stereocenters. The minimum absolute atomic E-state index is 0.775. The number of aryl methyl sites for hydroxylation is 1. The second kappa shape index (κ2) is 9.35. The first-order valence-electron chi connectivity index (χ1n) is 7.54. The van der Waals surface area contributed by atoms with E-state index in [1.807, 2.05) is 25.3 Å². The van der Waals surface area contributed by atoms with Crippen LogP contribution in [0.5, 0.6) is 5.75 Å². The van der Waals surface area contributed by atoms with E-state index < -0.39 is 0 Å². The quantitative estimate of drug-likeness (QED) is 0.464. The summed E-state index contributed by atoms with van der Waals surface area (Å²) in [6, 6.07) is 8.22. The standard InChI is InChI=1S/C18H27NO/c1-5-16(4)18(19-6-2)9-7-8-14-20-17-12-10-15(3)11-13-17/h6,10-13H,5,7-9,14H2,1-4H3/b18-16-,19-6?. The van der Waals surface area contributed by atoms with Crippen LogP contribution in [-0.2, 0) is 0 Å². The normalized spacial score (nSPS) is 12.6. The molecule has 2 nitrogen and oxygen atoms in total. The third-order valence-corrected chi connectivity index (χ3v) is 3.41. The Hall–Kier alpha value is -1.57. The van der Waals surface area contributed by atoms with Crippen LogP contribution in [0.4, 0.5) is 0 Å². The van der Waals surface area contributed by atoms with Crippen molar-refractivity contribution in [3.8, 4) is 5.75 Å². The van der Waals surface area contributed by atoms with Crippen LogP contribution in [0.25, 0.3) is 0 Å². The summed E-state index contributed by atoms with van der Waals surface area (Å²) < 4.78 is 5.74. The highest BCUT2D eigenvalue weighted by atomic mass is 16.5. The molecule has 0 aliphatic carbocycles. The summed E-state index contributed by atoms with van der Waals surface area (Å²) in [6.45, 7) is 9.19. The van der Waals surface area contributed by atoms with E-state index in [1.54, 1.807) is 0 Å². The summed E-state index contributed by atoms with van der Waals surface area (Å²) in [4.78, 5) is 4.47. The molecule has 1 aromatic carbocycles. The van der Waals surface area contributed by atoms with Crippen LogP contribution in [0.3, 0.4) is 0 Å². The van der Waals surface area contributed by atoms with E-state index in [9.17, 15) is 0 Å². The van der Waals surface area contributed by atoms with E-state index in [4.69, 9.17) is 4.74 Å². The Morgan fingerprint density at radius 3 is 2.50 bits per heavy atom. The Labute approximate surface area is 123 Å². The van der Waals surface area contributed by atoms with Crippen molar-refractivity contribution in [2.75, 3.05) is 6.61 Å². The van der Waals surface area contributed by atoms with Gasteiger partial charge in [0, 0.05) is 11.9 Å². The van der Waals surface area contributed by atoms with Crippen molar-refractivity contribution in [2.45, 2.75) is 53.4 Å². The van der Waals surface area contributed by atoms with Gasteiger partial charge in [-0.3, -0.25) is 4.99 Å². The number of unbranched alkanes of at least 4 members (excludes halogenated alkanes) is 1. The molecule has 2 heteroatoms. The number of hydrogen-bond donors (Lipinski definition) is 0. The minimum atomic E-state index is 0.775. The van der Waals surface area contributed by atoms with E-state index in [0.29, 0.717) is 0 Å². The molecular formula is C18H27NO. The molecule has 0 N–H and O–H groups in total. The molecule has 0 aliphatic rings. The van der Waals surface area contributed by atoms with Gasteiger partial charge < -0.3 is 4.74 Å². The molecule has 20 heavy (non-hydrogen) atoms. The van der Waals surface area contributed by atoms with E-state index in [0.717, 1.165) is 38.0 Å². The number of nitrogens with zero attached hydrogens (tertiary/aromatic N) is 1. The molecule has 0 heterocycles. The van der Waals surface area contributed by atoms with Crippen molar-refractivity contribution in [1.29, 1.82) is 0 Å². The molecule has 0 aromatic heterocycles. The molecule has 1 aromatic rings. The lowest BCUT2D eigenvalue weighted by Crippen LogP contribution is -1.98. The molecule has 0 amide bonds. The van der Waals surface area contributed by atoms with Crippen LogP contribution in [0.2, 0.25) is 0 Å². The summed E-state index contributed by atoms with van der Waals surface area (Å²) >= 11 is 0. The van der Waals surface area contributed by atoms with Gasteiger partial charge in [0.05, 0.1) is 6.61 Å². The Balaban J connectivity index is 2.29. The SMILES string of the molecule is CC=N/C(CCCCOc1ccc(C)cc1)=C(/C)CC. The van der Waals surface area contributed by atoms with E-state index in [1.165, 1.54) is 16.8 Å². The smallest absolute Gasteiger partial charge is 0.119 e. The van der Waals surface area contributed by atoms with Crippen molar-refractivity contribution in [3.63, 3.8) is 0 Å². The lowest BCUT2D eigenvalue weighted by atomic mass is 10.1. The lowest BCUT2D eigenvalue weighted by Gasteiger charge is -2.08. The van der Waals surface area contributed by atoms with Crippen LogP contribution >= 0.6 is 0 Å². The highest BCUT2D eigenvalue weighted by Crippen LogP contribution is 2.17. The van der Waals surface area contributed by atoms with Gasteiger partial charge in [-0.05, 0) is 58.6 Å². The molecular weight excluding hydrogens is 246 g/mol. The van der Waals surface area contributed by atoms with Crippen LogP contribution in [-0.4, -0.2) is 12.8 Å². The largest absolute Gasteiger partial charge is 0.494 e. The van der Waals surface area contributed by atoms with Gasteiger partial charge in [0.2, 0.25) is 0 Å². The number of benzene rings is 1. The minimum Gasteiger partial charge on any atom is -0.494 e. The number of hydrogen-bond acceptors (Lipinski definition) is 2. The van der Waals surface area contributed by atoms with Gasteiger partial charge in [-0.1, -0.05) is 30.2 Å². The zero-order chi connectivity index (χ0) is 14.8. The monoisotopic (exact) mass is 273 g/mol. The Morgan fingerprint density at radius 2 is 1.90 bits per heavy atom. The third kappa shape index (κ3) is 6.05. The van der Waals surface area contributed by atoms with Crippen molar-refractivity contribution in [2.24, 2.45) is 4.99 Å². The van der Waals surface area contributed by atoms with Gasteiger partial charge in [-0.25, -0.2) is 0 Å². The number of aliphatic imine (C=N–C) groups is 1. The molecule has 0 spiro atoms. The summed E-state index contributed by atoms with van der Waals surface area (Å²) in [6.07, 6.45) is 6.19. The number of allylic oxidation sites excluding steroid dienone is 2. The topological polar surface area (TPSA) is 21.6 Å². The predicted molar refractivity (Wildman–Crippen MR) is 87.7 cm³/mol. The van der Waals surface area contributed by atoms with Gasteiger partial charge in [0.15, 0.2) is 0 Å². The third-order valence-electron chi connectivity index (χ3n) is 3.41. The molecule has 0 fully saturated rings. The van der Waals surface area contributed by atoms with E-state index >= 15 is 0 Å². The van der Waals surface area contributed by atoms with Crippen molar-refractivity contribution in [1.82, 2.24) is 0 Å². The Bertz CT molecular complexity index is 443. The fourth-order valence-corrected chi connectivity index (χ4v) is 1.97. The molecule has 1 rings (SSSR count). The van der Waals surface area contributed by atoms with E-state index in [2.05, 4.69) is 37.9 Å². The number of ether oxygens (including phenoxy) is 1. The van der Waals surface area contributed by atoms with Crippen molar-refractivity contribution >= 4 is 6.21 Å². The summed E-state index contributed by atoms with van der Waals surface area (Å²) in [5.41, 5.74) is 3.90. The van der Waals surface area contributed by atoms with Crippen LogP contribution < -0.4 is 4.74 Å². The molecule has 0 aliphatic heterocycles. The van der Waals surface area contributed by atoms with E-state index in [-0.39, 0.29) is 0 Å². The average molecular weight is 273 g/mol. The lowest BCUT2D eigenvalue weighted by molar-refractivity contribution is 0.306. The molecule has 110 valence electrons. The molecule has 0 radical (unpaired) electrons. The maximum atomic E-state index is 5.74.